The number of carbonyl (C=O) groups excluding carboxylic acids is 1. The van der Waals surface area contributed by atoms with Crippen LogP contribution < -0.4 is 14.8 Å². The second-order valence-corrected chi connectivity index (χ2v) is 8.58. The average Bonchev–Trinajstić information content (AvgIpc) is 3.18. The van der Waals surface area contributed by atoms with E-state index in [4.69, 9.17) is 9.47 Å². The fraction of sp³-hybridized carbons (Fsp3) is 0.565. The number of aromatic nitrogens is 2. The summed E-state index contributed by atoms with van der Waals surface area (Å²) in [6, 6.07) is 8.07. The van der Waals surface area contributed by atoms with E-state index in [-0.39, 0.29) is 17.9 Å². The van der Waals surface area contributed by atoms with Crippen LogP contribution in [0.5, 0.6) is 11.5 Å². The van der Waals surface area contributed by atoms with Crippen LogP contribution in [0.25, 0.3) is 0 Å². The van der Waals surface area contributed by atoms with E-state index in [1.54, 1.807) is 31.1 Å². The first-order valence-corrected chi connectivity index (χ1v) is 11.1. The lowest BCUT2D eigenvalue weighted by atomic mass is 9.85. The molecule has 0 saturated carbocycles. The standard InChI is InChI=1S/C23H30F2N4O3/c1-14-12-21-26-17(13-18(22(24)25)29(21)27-14)16-8-10-28(11-9-16)23(30)15(2)32-20-7-5-4-6-19(20)31-3/h4-7,12,15-18,22,26H,8-11,13H2,1-3H3/t15?,17-,18+/m0/s1. The summed E-state index contributed by atoms with van der Waals surface area (Å²) in [5, 5.41) is 7.64. The van der Waals surface area contributed by atoms with Crippen molar-refractivity contribution in [2.75, 3.05) is 25.5 Å². The van der Waals surface area contributed by atoms with Gasteiger partial charge in [0.15, 0.2) is 17.6 Å². The van der Waals surface area contributed by atoms with E-state index in [0.29, 0.717) is 36.8 Å². The summed E-state index contributed by atoms with van der Waals surface area (Å²) in [5.41, 5.74) is 0.725. The smallest absolute Gasteiger partial charge is 0.263 e. The van der Waals surface area contributed by atoms with Gasteiger partial charge in [-0.1, -0.05) is 12.1 Å². The van der Waals surface area contributed by atoms with Crippen LogP contribution >= 0.6 is 0 Å². The van der Waals surface area contributed by atoms with Crippen LogP contribution in [0.1, 0.15) is 37.9 Å². The topological polar surface area (TPSA) is 68.6 Å². The van der Waals surface area contributed by atoms with Crippen molar-refractivity contribution in [3.63, 3.8) is 0 Å². The molecule has 3 atom stereocenters. The lowest BCUT2D eigenvalue weighted by Crippen LogP contribution is -2.48. The van der Waals surface area contributed by atoms with Crippen LogP contribution in [0, 0.1) is 12.8 Å². The summed E-state index contributed by atoms with van der Waals surface area (Å²) >= 11 is 0. The Morgan fingerprint density at radius 2 is 1.91 bits per heavy atom. The number of rotatable bonds is 6. The molecular weight excluding hydrogens is 418 g/mol. The second kappa shape index (κ2) is 9.34. The van der Waals surface area contributed by atoms with Gasteiger partial charge in [0.1, 0.15) is 11.9 Å². The molecule has 1 aromatic heterocycles. The molecule has 7 nitrogen and oxygen atoms in total. The molecule has 0 bridgehead atoms. The van der Waals surface area contributed by atoms with E-state index in [2.05, 4.69) is 10.4 Å². The monoisotopic (exact) mass is 448 g/mol. The predicted octanol–water partition coefficient (Wildman–Crippen LogP) is 3.90. The van der Waals surface area contributed by atoms with E-state index < -0.39 is 18.6 Å². The van der Waals surface area contributed by atoms with Crippen molar-refractivity contribution in [2.45, 2.75) is 57.7 Å². The van der Waals surface area contributed by atoms with Crippen molar-refractivity contribution in [3.05, 3.63) is 36.0 Å². The molecular formula is C23H30F2N4O3. The quantitative estimate of drug-likeness (QED) is 0.726. The summed E-state index contributed by atoms with van der Waals surface area (Å²) < 4.78 is 39.9. The molecule has 0 radical (unpaired) electrons. The maximum atomic E-state index is 13.7. The molecule has 32 heavy (non-hydrogen) atoms. The van der Waals surface area contributed by atoms with Crippen molar-refractivity contribution in [3.8, 4) is 11.5 Å². The SMILES string of the molecule is COc1ccccc1OC(C)C(=O)N1CCC([C@@H]2C[C@H](C(F)F)n3nc(C)cc3N2)CC1. The fourth-order valence-electron chi connectivity index (χ4n) is 4.74. The molecule has 1 saturated heterocycles. The Labute approximate surface area is 186 Å². The Morgan fingerprint density at radius 3 is 2.56 bits per heavy atom. The van der Waals surface area contributed by atoms with Gasteiger partial charge in [0.25, 0.3) is 12.3 Å². The van der Waals surface area contributed by atoms with Crippen LogP contribution in [0.4, 0.5) is 14.6 Å². The molecule has 1 amide bonds. The van der Waals surface area contributed by atoms with E-state index in [1.807, 2.05) is 25.1 Å². The van der Waals surface area contributed by atoms with E-state index >= 15 is 0 Å². The molecule has 0 spiro atoms. The van der Waals surface area contributed by atoms with Gasteiger partial charge in [0.2, 0.25) is 0 Å². The van der Waals surface area contributed by atoms with Crippen molar-refractivity contribution in [2.24, 2.45) is 5.92 Å². The third-order valence-electron chi connectivity index (χ3n) is 6.43. The van der Waals surface area contributed by atoms with Crippen LogP contribution in [0.2, 0.25) is 0 Å². The highest BCUT2D eigenvalue weighted by atomic mass is 19.3. The number of anilines is 1. The number of hydrogen-bond donors (Lipinski definition) is 1. The number of fused-ring (bicyclic) bond motifs is 1. The molecule has 9 heteroatoms. The highest BCUT2D eigenvalue weighted by Gasteiger charge is 2.38. The number of para-hydroxylation sites is 2. The third kappa shape index (κ3) is 4.52. The third-order valence-corrected chi connectivity index (χ3v) is 6.43. The number of benzene rings is 1. The Balaban J connectivity index is 1.35. The number of alkyl halides is 2. The lowest BCUT2D eigenvalue weighted by Gasteiger charge is -2.40. The van der Waals surface area contributed by atoms with Crippen molar-refractivity contribution in [1.82, 2.24) is 14.7 Å². The van der Waals surface area contributed by atoms with Crippen molar-refractivity contribution < 1.29 is 23.0 Å². The number of aryl methyl sites for hydroxylation is 1. The van der Waals surface area contributed by atoms with Crippen molar-refractivity contribution in [1.29, 1.82) is 0 Å². The summed E-state index contributed by atoms with van der Waals surface area (Å²) in [5.74, 6) is 1.90. The number of piperidine rings is 1. The molecule has 4 rings (SSSR count). The van der Waals surface area contributed by atoms with Gasteiger partial charge in [-0.15, -0.1) is 0 Å². The van der Waals surface area contributed by atoms with Crippen LogP contribution in [0.15, 0.2) is 30.3 Å². The molecule has 1 aromatic carbocycles. The van der Waals surface area contributed by atoms with Gasteiger partial charge < -0.3 is 19.7 Å². The summed E-state index contributed by atoms with van der Waals surface area (Å²) in [4.78, 5) is 14.7. The van der Waals surface area contributed by atoms with Gasteiger partial charge >= 0.3 is 0 Å². The number of halogens is 2. The minimum absolute atomic E-state index is 0.0582. The van der Waals surface area contributed by atoms with Crippen LogP contribution in [-0.4, -0.2) is 59.4 Å². The first-order chi connectivity index (χ1) is 15.4. The van der Waals surface area contributed by atoms with Gasteiger partial charge in [-0.2, -0.15) is 5.10 Å². The lowest BCUT2D eigenvalue weighted by molar-refractivity contribution is -0.139. The molecule has 3 heterocycles. The Morgan fingerprint density at radius 1 is 1.22 bits per heavy atom. The maximum Gasteiger partial charge on any atom is 0.263 e. The van der Waals surface area contributed by atoms with Gasteiger partial charge in [-0.25, -0.2) is 13.5 Å². The van der Waals surface area contributed by atoms with Gasteiger partial charge in [0.05, 0.1) is 12.8 Å². The minimum Gasteiger partial charge on any atom is -0.493 e. The van der Waals surface area contributed by atoms with Crippen LogP contribution in [-0.2, 0) is 4.79 Å². The molecule has 0 aliphatic carbocycles. The maximum absolute atomic E-state index is 13.7. The largest absolute Gasteiger partial charge is 0.493 e. The number of hydrogen-bond acceptors (Lipinski definition) is 5. The Kier molecular flexibility index (Phi) is 6.53. The highest BCUT2D eigenvalue weighted by Crippen LogP contribution is 2.37. The van der Waals surface area contributed by atoms with Gasteiger partial charge in [0, 0.05) is 25.2 Å². The number of methoxy groups -OCH3 is 1. The zero-order valence-electron chi connectivity index (χ0n) is 18.6. The zero-order valence-corrected chi connectivity index (χ0v) is 18.6. The molecule has 2 aliphatic rings. The van der Waals surface area contributed by atoms with E-state index in [1.165, 1.54) is 4.68 Å². The molecule has 1 unspecified atom stereocenters. The zero-order chi connectivity index (χ0) is 22.8. The van der Waals surface area contributed by atoms with Crippen molar-refractivity contribution >= 4 is 11.7 Å². The molecule has 174 valence electrons. The number of ether oxygens (including phenoxy) is 2. The highest BCUT2D eigenvalue weighted by molar-refractivity contribution is 5.81. The Hall–Kier alpha value is -2.84. The first kappa shape index (κ1) is 22.4. The molecule has 1 N–H and O–H groups in total. The predicted molar refractivity (Wildman–Crippen MR) is 116 cm³/mol. The Bertz CT molecular complexity index is 943. The minimum atomic E-state index is -2.47. The number of carbonyl (C=O) groups is 1. The van der Waals surface area contributed by atoms with Crippen LogP contribution in [0.3, 0.4) is 0 Å². The normalized spacial score (nSPS) is 22.2. The molecule has 2 aromatic rings. The summed E-state index contributed by atoms with van der Waals surface area (Å²) in [6.07, 6.45) is -1.26. The molecule has 1 fully saturated rings. The number of nitrogens with one attached hydrogen (secondary N) is 1. The summed E-state index contributed by atoms with van der Waals surface area (Å²) in [7, 11) is 1.56. The fourth-order valence-corrected chi connectivity index (χ4v) is 4.74. The number of amides is 1. The van der Waals surface area contributed by atoms with E-state index in [9.17, 15) is 13.6 Å². The van der Waals surface area contributed by atoms with E-state index in [0.717, 1.165) is 18.5 Å². The average molecular weight is 449 g/mol. The van der Waals surface area contributed by atoms with Gasteiger partial charge in [-0.05, 0) is 51.2 Å². The number of likely N-dealkylation sites (tertiary alicyclic amines) is 1. The number of nitrogens with zero attached hydrogens (tertiary/aromatic N) is 3. The summed E-state index contributed by atoms with van der Waals surface area (Å²) in [6.45, 7) is 4.71. The first-order valence-electron chi connectivity index (χ1n) is 11.1. The second-order valence-electron chi connectivity index (χ2n) is 8.58. The molecule has 2 aliphatic heterocycles. The van der Waals surface area contributed by atoms with Gasteiger partial charge in [-0.3, -0.25) is 4.79 Å².